The van der Waals surface area contributed by atoms with Gasteiger partial charge in [0.1, 0.15) is 0 Å². The van der Waals surface area contributed by atoms with E-state index >= 15 is 0 Å². The zero-order chi connectivity index (χ0) is 18.3. The third kappa shape index (κ3) is 2.47. The van der Waals surface area contributed by atoms with Crippen LogP contribution in [0.4, 0.5) is 5.69 Å². The molecule has 0 saturated carbocycles. The van der Waals surface area contributed by atoms with Crippen LogP contribution in [0.1, 0.15) is 0 Å². The Balaban J connectivity index is 2.00. The minimum absolute atomic E-state index is 0.0608. The average molecular weight is 351 g/mol. The molecule has 26 heavy (non-hydrogen) atoms. The predicted molar refractivity (Wildman–Crippen MR) is 98.2 cm³/mol. The second-order valence-corrected chi connectivity index (χ2v) is 5.99. The highest BCUT2D eigenvalue weighted by molar-refractivity contribution is 6.06. The number of amides is 1. The topological polar surface area (TPSA) is 68.2 Å². The fourth-order valence-corrected chi connectivity index (χ4v) is 3.21. The van der Waals surface area contributed by atoms with E-state index in [-0.39, 0.29) is 12.5 Å². The fraction of sp³-hybridized carbons (Fsp3) is 0.150. The van der Waals surface area contributed by atoms with Gasteiger partial charge < -0.3 is 24.2 Å². The van der Waals surface area contributed by atoms with Gasteiger partial charge >= 0.3 is 0 Å². The molecule has 0 aliphatic carbocycles. The molecule has 6 heteroatoms. The van der Waals surface area contributed by atoms with E-state index in [1.165, 1.54) is 12.0 Å². The monoisotopic (exact) mass is 351 g/mol. The van der Waals surface area contributed by atoms with Crippen molar-refractivity contribution >= 4 is 22.9 Å². The molecule has 0 radical (unpaired) electrons. The van der Waals surface area contributed by atoms with Crippen LogP contribution in [-0.2, 0) is 4.79 Å². The summed E-state index contributed by atoms with van der Waals surface area (Å²) in [5.41, 5.74) is 2.40. The van der Waals surface area contributed by atoms with Gasteiger partial charge in [-0.1, -0.05) is 18.2 Å². The molecule has 6 nitrogen and oxygen atoms in total. The van der Waals surface area contributed by atoms with E-state index in [9.17, 15) is 9.90 Å². The van der Waals surface area contributed by atoms with Crippen LogP contribution in [0, 0.1) is 0 Å². The quantitative estimate of drug-likeness (QED) is 0.728. The molecule has 0 saturated heterocycles. The molecule has 0 spiro atoms. The van der Waals surface area contributed by atoms with Gasteiger partial charge in [0, 0.05) is 18.0 Å². The lowest BCUT2D eigenvalue weighted by atomic mass is 9.97. The first kappa shape index (κ1) is 16.1. The normalized spacial score (nSPS) is 12.2. The summed E-state index contributed by atoms with van der Waals surface area (Å²) in [6, 6.07) is 12.8. The molecule has 1 N–H and O–H groups in total. The summed E-state index contributed by atoms with van der Waals surface area (Å²) in [6.07, 6.45) is 0.764. The van der Waals surface area contributed by atoms with Crippen molar-refractivity contribution in [2.45, 2.75) is 0 Å². The van der Waals surface area contributed by atoms with Crippen LogP contribution in [0.15, 0.2) is 42.5 Å². The largest absolute Gasteiger partial charge is 0.504 e. The van der Waals surface area contributed by atoms with Crippen LogP contribution in [0.25, 0.3) is 21.9 Å². The Hall–Kier alpha value is -3.41. The third-order valence-corrected chi connectivity index (χ3v) is 4.49. The second kappa shape index (κ2) is 6.15. The Kier molecular flexibility index (Phi) is 3.80. The molecular formula is C20H17NO5. The molecule has 1 heterocycles. The Morgan fingerprint density at radius 2 is 1.88 bits per heavy atom. The van der Waals surface area contributed by atoms with Crippen molar-refractivity contribution in [1.82, 2.24) is 0 Å². The number of rotatable bonds is 4. The number of phenols is 1. The van der Waals surface area contributed by atoms with Gasteiger partial charge in [0.25, 0.3) is 0 Å². The molecular weight excluding hydrogens is 334 g/mol. The Bertz CT molecular complexity index is 1010. The number of hydrogen-bond donors (Lipinski definition) is 1. The number of hydrogen-bond acceptors (Lipinski definition) is 5. The number of fused-ring (bicyclic) bond motifs is 2. The second-order valence-electron chi connectivity index (χ2n) is 5.99. The van der Waals surface area contributed by atoms with Gasteiger partial charge in [-0.05, 0) is 35.2 Å². The molecule has 1 aliphatic heterocycles. The summed E-state index contributed by atoms with van der Waals surface area (Å²) >= 11 is 0. The molecule has 3 aromatic carbocycles. The van der Waals surface area contributed by atoms with Crippen molar-refractivity contribution < 1.29 is 24.1 Å². The maximum Gasteiger partial charge on any atom is 0.231 e. The van der Waals surface area contributed by atoms with E-state index in [1.54, 1.807) is 25.2 Å². The Morgan fingerprint density at radius 3 is 2.62 bits per heavy atom. The van der Waals surface area contributed by atoms with Crippen molar-refractivity contribution in [1.29, 1.82) is 0 Å². The highest BCUT2D eigenvalue weighted by atomic mass is 16.7. The third-order valence-electron chi connectivity index (χ3n) is 4.49. The summed E-state index contributed by atoms with van der Waals surface area (Å²) in [6.45, 7) is 0.187. The van der Waals surface area contributed by atoms with Gasteiger partial charge in [-0.2, -0.15) is 0 Å². The maximum atomic E-state index is 11.5. The molecule has 0 fully saturated rings. The lowest BCUT2D eigenvalue weighted by molar-refractivity contribution is -0.107. The minimum atomic E-state index is 0.0608. The number of benzene rings is 3. The van der Waals surface area contributed by atoms with Gasteiger partial charge in [0.2, 0.25) is 13.2 Å². The van der Waals surface area contributed by atoms with Gasteiger partial charge in [0.05, 0.1) is 12.8 Å². The van der Waals surface area contributed by atoms with Crippen LogP contribution >= 0.6 is 0 Å². The lowest BCUT2D eigenvalue weighted by Crippen LogP contribution is -2.15. The van der Waals surface area contributed by atoms with Crippen molar-refractivity contribution in [3.8, 4) is 34.1 Å². The van der Waals surface area contributed by atoms with E-state index in [1.807, 2.05) is 24.3 Å². The molecule has 0 bridgehead atoms. The van der Waals surface area contributed by atoms with Crippen molar-refractivity contribution in [3.05, 3.63) is 42.5 Å². The number of anilines is 1. The Labute approximate surface area is 150 Å². The van der Waals surface area contributed by atoms with Gasteiger partial charge in [-0.3, -0.25) is 4.79 Å². The maximum absolute atomic E-state index is 11.5. The van der Waals surface area contributed by atoms with Crippen LogP contribution in [0.3, 0.4) is 0 Å². The smallest absolute Gasteiger partial charge is 0.231 e. The predicted octanol–water partition coefficient (Wildman–Crippen LogP) is 3.54. The van der Waals surface area contributed by atoms with E-state index in [0.29, 0.717) is 17.2 Å². The summed E-state index contributed by atoms with van der Waals surface area (Å²) in [5.74, 6) is 1.77. The van der Waals surface area contributed by atoms with Crippen LogP contribution in [-0.4, -0.2) is 32.5 Å². The molecule has 3 aromatic rings. The summed E-state index contributed by atoms with van der Waals surface area (Å²) in [4.78, 5) is 13.1. The van der Waals surface area contributed by atoms with E-state index in [2.05, 4.69) is 0 Å². The molecule has 1 amide bonds. The number of ether oxygens (including phenoxy) is 3. The highest BCUT2D eigenvalue weighted by Gasteiger charge is 2.20. The zero-order valence-electron chi connectivity index (χ0n) is 14.4. The number of carbonyl (C=O) groups excluding carboxylic acids is 1. The standard InChI is InChI=1S/C20H17NO5/c1-21(10-22)20-14(12-4-6-16(23)17(7-12)24-2)5-3-13-8-18-19(9-15(13)20)26-11-25-18/h3-10,23H,11H2,1-2H3. The van der Waals surface area contributed by atoms with Gasteiger partial charge in [0.15, 0.2) is 23.0 Å². The molecule has 132 valence electrons. The van der Waals surface area contributed by atoms with Crippen LogP contribution < -0.4 is 19.1 Å². The van der Waals surface area contributed by atoms with Gasteiger partial charge in [-0.15, -0.1) is 0 Å². The number of nitrogens with zero attached hydrogens (tertiary/aromatic N) is 1. The van der Waals surface area contributed by atoms with Crippen molar-refractivity contribution in [2.75, 3.05) is 25.9 Å². The molecule has 0 unspecified atom stereocenters. The van der Waals surface area contributed by atoms with Crippen LogP contribution in [0.2, 0.25) is 0 Å². The van der Waals surface area contributed by atoms with Crippen molar-refractivity contribution in [2.24, 2.45) is 0 Å². The first-order valence-corrected chi connectivity index (χ1v) is 8.04. The van der Waals surface area contributed by atoms with Gasteiger partial charge in [-0.25, -0.2) is 0 Å². The number of phenolic OH excluding ortho intramolecular Hbond substituents is 1. The summed E-state index contributed by atoms with van der Waals surface area (Å²) in [7, 11) is 3.20. The fourth-order valence-electron chi connectivity index (χ4n) is 3.21. The SMILES string of the molecule is COc1cc(-c2ccc3cc4c(cc3c2N(C)C=O)OCO4)ccc1O. The first-order valence-electron chi connectivity index (χ1n) is 8.04. The van der Waals surface area contributed by atoms with Crippen molar-refractivity contribution in [3.63, 3.8) is 0 Å². The van der Waals surface area contributed by atoms with E-state index in [4.69, 9.17) is 14.2 Å². The molecule has 0 atom stereocenters. The zero-order valence-corrected chi connectivity index (χ0v) is 14.4. The summed E-state index contributed by atoms with van der Waals surface area (Å²) < 4.78 is 16.1. The first-order chi connectivity index (χ1) is 12.6. The van der Waals surface area contributed by atoms with Crippen LogP contribution in [0.5, 0.6) is 23.0 Å². The lowest BCUT2D eigenvalue weighted by Gasteiger charge is -2.20. The molecule has 4 rings (SSSR count). The number of aromatic hydroxyl groups is 1. The summed E-state index contributed by atoms with van der Waals surface area (Å²) in [5, 5.41) is 11.7. The number of methoxy groups -OCH3 is 1. The van der Waals surface area contributed by atoms with E-state index in [0.717, 1.165) is 34.0 Å². The Morgan fingerprint density at radius 1 is 1.12 bits per heavy atom. The minimum Gasteiger partial charge on any atom is -0.504 e. The molecule has 0 aromatic heterocycles. The average Bonchev–Trinajstić information content (AvgIpc) is 3.12. The number of carbonyl (C=O) groups is 1. The molecule has 1 aliphatic rings. The van der Waals surface area contributed by atoms with E-state index < -0.39 is 0 Å². The highest BCUT2D eigenvalue weighted by Crippen LogP contribution is 2.44.